The van der Waals surface area contributed by atoms with Gasteiger partial charge in [0.2, 0.25) is 0 Å². The van der Waals surface area contributed by atoms with Crippen molar-refractivity contribution in [2.24, 2.45) is 52.3 Å². The van der Waals surface area contributed by atoms with Gasteiger partial charge in [0, 0.05) is 6.42 Å². The van der Waals surface area contributed by atoms with E-state index in [1.165, 1.54) is 135 Å². The zero-order chi connectivity index (χ0) is 33.9. The molecule has 4 rings (SSSR count). The monoisotopic (exact) mass is 653 g/mol. The second kappa shape index (κ2) is 19.0. The highest BCUT2D eigenvalue weighted by molar-refractivity contribution is 5.69. The molecule has 0 aliphatic heterocycles. The van der Waals surface area contributed by atoms with Crippen LogP contribution < -0.4 is 0 Å². The van der Waals surface area contributed by atoms with Gasteiger partial charge < -0.3 is 4.74 Å². The van der Waals surface area contributed by atoms with Gasteiger partial charge in [-0.1, -0.05) is 150 Å². The topological polar surface area (TPSA) is 26.3 Å². The van der Waals surface area contributed by atoms with E-state index in [0.29, 0.717) is 23.2 Å². The average molecular weight is 653 g/mol. The summed E-state index contributed by atoms with van der Waals surface area (Å²) in [5.74, 6) is 5.80. The normalized spacial score (nSPS) is 33.1. The maximum absolute atomic E-state index is 12.8. The number of esters is 1. The summed E-state index contributed by atoms with van der Waals surface area (Å²) >= 11 is 0. The van der Waals surface area contributed by atoms with Crippen LogP contribution in [0.2, 0.25) is 0 Å². The molecule has 0 aromatic carbocycles. The Morgan fingerprint density at radius 2 is 1.36 bits per heavy atom. The van der Waals surface area contributed by atoms with E-state index < -0.39 is 0 Å². The van der Waals surface area contributed by atoms with Crippen LogP contribution in [0, 0.1) is 52.3 Å². The van der Waals surface area contributed by atoms with Crippen LogP contribution in [0.4, 0.5) is 0 Å². The van der Waals surface area contributed by atoms with E-state index in [9.17, 15) is 4.79 Å². The van der Waals surface area contributed by atoms with E-state index in [1.807, 2.05) is 5.57 Å². The highest BCUT2D eigenvalue weighted by Gasteiger charge is 2.58. The van der Waals surface area contributed by atoms with Crippen LogP contribution in [0.15, 0.2) is 11.6 Å². The van der Waals surface area contributed by atoms with Gasteiger partial charge in [-0.25, -0.2) is 0 Å². The maximum Gasteiger partial charge on any atom is 0.306 e. The minimum atomic E-state index is 0.0759. The molecule has 272 valence electrons. The fraction of sp³-hybridized carbons (Fsp3) is 0.933. The molecule has 0 bridgehead atoms. The van der Waals surface area contributed by atoms with Gasteiger partial charge >= 0.3 is 5.97 Å². The molecule has 0 radical (unpaired) electrons. The van der Waals surface area contributed by atoms with Crippen molar-refractivity contribution in [1.82, 2.24) is 0 Å². The third-order valence-corrected chi connectivity index (χ3v) is 15.0. The van der Waals surface area contributed by atoms with Crippen molar-refractivity contribution in [1.29, 1.82) is 0 Å². The molecular weight excluding hydrogens is 572 g/mol. The molecule has 0 aromatic rings. The first-order valence-electron chi connectivity index (χ1n) is 21.5. The van der Waals surface area contributed by atoms with Crippen molar-refractivity contribution >= 4 is 5.97 Å². The Labute approximate surface area is 293 Å². The van der Waals surface area contributed by atoms with Crippen LogP contribution in [0.25, 0.3) is 0 Å². The number of allylic oxidation sites excluding steroid dienone is 2. The Balaban J connectivity index is 1.16. The van der Waals surface area contributed by atoms with Gasteiger partial charge in [-0.15, -0.1) is 0 Å². The zero-order valence-corrected chi connectivity index (χ0v) is 32.7. The van der Waals surface area contributed by atoms with Crippen LogP contribution in [-0.2, 0) is 9.53 Å². The lowest BCUT2D eigenvalue weighted by molar-refractivity contribution is -0.155. The Hall–Kier alpha value is -0.790. The third kappa shape index (κ3) is 10.1. The van der Waals surface area contributed by atoms with Crippen LogP contribution in [0.3, 0.4) is 0 Å². The lowest BCUT2D eigenvalue weighted by atomic mass is 9.47. The molecule has 4 aliphatic carbocycles. The fourth-order valence-corrected chi connectivity index (χ4v) is 11.8. The minimum absolute atomic E-state index is 0.0759. The Morgan fingerprint density at radius 3 is 1.98 bits per heavy atom. The van der Waals surface area contributed by atoms with Gasteiger partial charge in [-0.2, -0.15) is 0 Å². The zero-order valence-electron chi connectivity index (χ0n) is 32.7. The van der Waals surface area contributed by atoms with Crippen LogP contribution in [-0.4, -0.2) is 12.1 Å². The van der Waals surface area contributed by atoms with Crippen molar-refractivity contribution in [2.75, 3.05) is 0 Å². The first-order valence-corrected chi connectivity index (χ1v) is 21.5. The number of hydrogen-bond acceptors (Lipinski definition) is 2. The molecule has 3 fully saturated rings. The SMILES string of the molecule is CCCCCCCCCCCCCCCC(=O)O[C@H]1CC[C@@]2(C)C(CC=C3[C@@H]4CC[C@H]([C@H](C)CC[C@@H](CC)C(C)C)[C@@]4(C)CC[C@@H]32)C1. The predicted octanol–water partition coefficient (Wildman–Crippen LogP) is 14.1. The number of fused-ring (bicyclic) bond motifs is 5. The first kappa shape index (κ1) is 39.0. The van der Waals surface area contributed by atoms with E-state index in [0.717, 1.165) is 54.8 Å². The second-order valence-electron chi connectivity index (χ2n) is 18.3. The molecular formula is C45H80O2. The number of unbranched alkanes of at least 4 members (excludes halogenated alkanes) is 12. The molecule has 0 spiro atoms. The Bertz CT molecular complexity index is 950. The average Bonchev–Trinajstić information content (AvgIpc) is 3.41. The molecule has 4 aliphatic rings. The summed E-state index contributed by atoms with van der Waals surface area (Å²) in [4.78, 5) is 12.8. The highest BCUT2D eigenvalue weighted by Crippen LogP contribution is 2.67. The third-order valence-electron chi connectivity index (χ3n) is 15.0. The molecule has 3 saturated carbocycles. The predicted molar refractivity (Wildman–Crippen MR) is 202 cm³/mol. The van der Waals surface area contributed by atoms with Crippen molar-refractivity contribution < 1.29 is 9.53 Å². The van der Waals surface area contributed by atoms with Crippen LogP contribution in [0.1, 0.15) is 209 Å². The minimum Gasteiger partial charge on any atom is -0.462 e. The summed E-state index contributed by atoms with van der Waals surface area (Å²) in [5, 5.41) is 0. The van der Waals surface area contributed by atoms with Gasteiger partial charge in [-0.3, -0.25) is 4.79 Å². The molecule has 0 amide bonds. The van der Waals surface area contributed by atoms with Crippen molar-refractivity contribution in [3.8, 4) is 0 Å². The maximum atomic E-state index is 12.8. The Kier molecular flexibility index (Phi) is 15.8. The van der Waals surface area contributed by atoms with Gasteiger partial charge in [0.15, 0.2) is 0 Å². The lowest BCUT2D eigenvalue weighted by Crippen LogP contribution is -2.50. The molecule has 0 N–H and O–H groups in total. The number of hydrogen-bond donors (Lipinski definition) is 0. The summed E-state index contributed by atoms with van der Waals surface area (Å²) in [7, 11) is 0. The van der Waals surface area contributed by atoms with Crippen molar-refractivity contribution in [3.05, 3.63) is 11.6 Å². The number of carbonyl (C=O) groups is 1. The summed E-state index contributed by atoms with van der Waals surface area (Å²) in [6.45, 7) is 17.5. The van der Waals surface area contributed by atoms with E-state index in [4.69, 9.17) is 4.74 Å². The van der Waals surface area contributed by atoms with E-state index in [2.05, 4.69) is 54.5 Å². The van der Waals surface area contributed by atoms with Gasteiger partial charge in [-0.05, 0) is 116 Å². The van der Waals surface area contributed by atoms with Gasteiger partial charge in [0.05, 0.1) is 0 Å². The van der Waals surface area contributed by atoms with Crippen LogP contribution in [0.5, 0.6) is 0 Å². The molecule has 9 atom stereocenters. The van der Waals surface area contributed by atoms with Crippen molar-refractivity contribution in [3.63, 3.8) is 0 Å². The molecule has 1 unspecified atom stereocenters. The molecule has 0 saturated heterocycles. The Morgan fingerprint density at radius 1 is 0.766 bits per heavy atom. The van der Waals surface area contributed by atoms with Crippen molar-refractivity contribution in [2.45, 2.75) is 215 Å². The number of carbonyl (C=O) groups excluding carboxylic acids is 1. The summed E-state index contributed by atoms with van der Waals surface area (Å²) in [6.07, 6.45) is 35.5. The molecule has 47 heavy (non-hydrogen) atoms. The van der Waals surface area contributed by atoms with E-state index >= 15 is 0 Å². The number of rotatable bonds is 21. The molecule has 2 heteroatoms. The van der Waals surface area contributed by atoms with Crippen LogP contribution >= 0.6 is 0 Å². The molecule has 0 heterocycles. The smallest absolute Gasteiger partial charge is 0.306 e. The largest absolute Gasteiger partial charge is 0.462 e. The highest BCUT2D eigenvalue weighted by atomic mass is 16.5. The molecule has 2 nitrogen and oxygen atoms in total. The number of ether oxygens (including phenoxy) is 1. The van der Waals surface area contributed by atoms with E-state index in [-0.39, 0.29) is 12.1 Å². The quantitative estimate of drug-likeness (QED) is 0.0700. The van der Waals surface area contributed by atoms with Gasteiger partial charge in [0.25, 0.3) is 0 Å². The van der Waals surface area contributed by atoms with Gasteiger partial charge in [0.1, 0.15) is 6.10 Å². The summed E-state index contributed by atoms with van der Waals surface area (Å²) in [5.41, 5.74) is 2.78. The summed E-state index contributed by atoms with van der Waals surface area (Å²) in [6, 6.07) is 0. The standard InChI is InChI=1S/C45H80O2/c1-8-10-11-12-13-14-15-16-17-18-19-20-21-22-43(46)47-38-29-31-44(6)37(33-38)25-26-39-41-28-27-40(45(41,7)32-30-42(39)44)35(5)23-24-36(9-2)34(3)4/h26,34-38,40-42H,8-25,27-33H2,1-7H3/t35-,36-,37?,38+,40-,41+,42+,44+,45-/m1/s1. The molecule has 0 aromatic heterocycles. The summed E-state index contributed by atoms with van der Waals surface area (Å²) < 4.78 is 6.16. The fourth-order valence-electron chi connectivity index (χ4n) is 11.8. The first-order chi connectivity index (χ1) is 22.6. The van der Waals surface area contributed by atoms with E-state index in [1.54, 1.807) is 0 Å². The lowest BCUT2D eigenvalue weighted by Gasteiger charge is -2.58. The second-order valence-corrected chi connectivity index (χ2v) is 18.3.